The number of carbonyl (C=O) groups is 2. The van der Waals surface area contributed by atoms with Gasteiger partial charge in [0.05, 0.1) is 13.7 Å². The van der Waals surface area contributed by atoms with Crippen LogP contribution in [0.5, 0.6) is 5.75 Å². The number of pyridine rings is 1. The summed E-state index contributed by atoms with van der Waals surface area (Å²) in [6.07, 6.45) is 5.92. The number of aromatic nitrogens is 1. The Hall–Kier alpha value is -3.13. The van der Waals surface area contributed by atoms with E-state index in [1.165, 1.54) is 0 Å². The lowest BCUT2D eigenvalue weighted by Gasteiger charge is -2.48. The molecule has 3 aliphatic rings. The molecule has 1 unspecified atom stereocenters. The van der Waals surface area contributed by atoms with Crippen molar-refractivity contribution in [1.82, 2.24) is 14.8 Å². The largest absolute Gasteiger partial charge is 0.497 e. The van der Waals surface area contributed by atoms with Crippen LogP contribution in [0.3, 0.4) is 0 Å². The number of methoxy groups -OCH3 is 1. The van der Waals surface area contributed by atoms with Gasteiger partial charge in [0.1, 0.15) is 16.9 Å². The fourth-order valence-electron chi connectivity index (χ4n) is 5.88. The van der Waals surface area contributed by atoms with Crippen LogP contribution in [0.2, 0.25) is 0 Å². The van der Waals surface area contributed by atoms with Crippen molar-refractivity contribution in [2.24, 2.45) is 5.92 Å². The second-order valence-corrected chi connectivity index (χ2v) is 9.83. The predicted molar refractivity (Wildman–Crippen MR) is 129 cm³/mol. The van der Waals surface area contributed by atoms with Crippen LogP contribution in [0, 0.1) is 5.92 Å². The fraction of sp³-hybridized carbons (Fsp3) is 0.519. The number of ether oxygens (including phenoxy) is 3. The van der Waals surface area contributed by atoms with E-state index >= 15 is 0 Å². The summed E-state index contributed by atoms with van der Waals surface area (Å²) < 4.78 is 17.1. The maximum Gasteiger partial charge on any atom is 0.411 e. The Balaban J connectivity index is 1.43. The minimum absolute atomic E-state index is 0.0261. The van der Waals surface area contributed by atoms with Gasteiger partial charge in [0, 0.05) is 57.5 Å². The standard InChI is InChI=1S/C27H33N3O5/c1-26(22-6-4-12-28-18-22)27(10-13-29(14-11-27)24(31)21-8-15-34-16-9-21)35-25(32)30(26)19-20-5-3-7-23(17-20)33-2/h3-7,12,17-18,21H,8-11,13-16,19H2,1-2H3. The lowest BCUT2D eigenvalue weighted by Crippen LogP contribution is -2.59. The van der Waals surface area contributed by atoms with E-state index in [1.807, 2.05) is 52.4 Å². The van der Waals surface area contributed by atoms with E-state index in [0.717, 1.165) is 29.7 Å². The highest BCUT2D eigenvalue weighted by molar-refractivity contribution is 5.79. The molecular formula is C27H33N3O5. The first kappa shape index (κ1) is 23.6. The Morgan fingerprint density at radius 1 is 1.17 bits per heavy atom. The van der Waals surface area contributed by atoms with Crippen LogP contribution in [0.25, 0.3) is 0 Å². The van der Waals surface area contributed by atoms with Gasteiger partial charge in [-0.3, -0.25) is 14.7 Å². The van der Waals surface area contributed by atoms with Crippen LogP contribution in [0.1, 0.15) is 43.7 Å². The Labute approximate surface area is 206 Å². The van der Waals surface area contributed by atoms with Gasteiger partial charge >= 0.3 is 6.09 Å². The van der Waals surface area contributed by atoms with Crippen LogP contribution in [0.15, 0.2) is 48.8 Å². The van der Waals surface area contributed by atoms with Crippen LogP contribution in [-0.4, -0.2) is 65.8 Å². The molecule has 3 aliphatic heterocycles. The maximum atomic E-state index is 13.4. The molecule has 0 saturated carbocycles. The van der Waals surface area contributed by atoms with Crippen molar-refractivity contribution < 1.29 is 23.8 Å². The molecular weight excluding hydrogens is 446 g/mol. The van der Waals surface area contributed by atoms with E-state index in [1.54, 1.807) is 13.3 Å². The molecule has 1 spiro atoms. The summed E-state index contributed by atoms with van der Waals surface area (Å²) in [6, 6.07) is 11.6. The topological polar surface area (TPSA) is 81.2 Å². The Morgan fingerprint density at radius 2 is 1.94 bits per heavy atom. The second kappa shape index (κ2) is 9.49. The average molecular weight is 480 g/mol. The number of nitrogens with zero attached hydrogens (tertiary/aromatic N) is 3. The van der Waals surface area contributed by atoms with Crippen LogP contribution in [-0.2, 0) is 26.4 Å². The number of rotatable bonds is 5. The number of carbonyl (C=O) groups excluding carboxylic acids is 2. The molecule has 35 heavy (non-hydrogen) atoms. The SMILES string of the molecule is COc1cccc(CN2C(=O)OC3(CCN(C(=O)C4CCOCC4)CC3)C2(C)c2cccnc2)c1. The van der Waals surface area contributed by atoms with Crippen LogP contribution in [0.4, 0.5) is 4.79 Å². The molecule has 1 atom stereocenters. The van der Waals surface area contributed by atoms with Crippen molar-refractivity contribution in [2.75, 3.05) is 33.4 Å². The number of hydrogen-bond donors (Lipinski definition) is 0. The molecule has 8 heteroatoms. The Bertz CT molecular complexity index is 1060. The average Bonchev–Trinajstić information content (AvgIpc) is 3.11. The van der Waals surface area contributed by atoms with Gasteiger partial charge < -0.3 is 19.1 Å². The summed E-state index contributed by atoms with van der Waals surface area (Å²) in [5.41, 5.74) is 0.395. The highest BCUT2D eigenvalue weighted by atomic mass is 16.6. The highest BCUT2D eigenvalue weighted by Gasteiger charge is 2.64. The van der Waals surface area contributed by atoms with Crippen LogP contribution < -0.4 is 4.74 Å². The summed E-state index contributed by atoms with van der Waals surface area (Å²) in [4.78, 5) is 34.7. The first-order valence-electron chi connectivity index (χ1n) is 12.4. The molecule has 0 bridgehead atoms. The van der Waals surface area contributed by atoms with Crippen molar-refractivity contribution in [1.29, 1.82) is 0 Å². The monoisotopic (exact) mass is 479 g/mol. The van der Waals surface area contributed by atoms with Gasteiger partial charge in [-0.15, -0.1) is 0 Å². The zero-order chi connectivity index (χ0) is 24.5. The first-order valence-corrected chi connectivity index (χ1v) is 12.4. The fourth-order valence-corrected chi connectivity index (χ4v) is 5.88. The van der Waals surface area contributed by atoms with Gasteiger partial charge in [-0.1, -0.05) is 18.2 Å². The van der Waals surface area contributed by atoms with Crippen molar-refractivity contribution >= 4 is 12.0 Å². The molecule has 5 rings (SSSR count). The van der Waals surface area contributed by atoms with Gasteiger partial charge in [-0.05, 0) is 49.1 Å². The molecule has 2 amide bonds. The number of likely N-dealkylation sites (tertiary alicyclic amines) is 1. The number of benzene rings is 1. The zero-order valence-corrected chi connectivity index (χ0v) is 20.4. The quantitative estimate of drug-likeness (QED) is 0.650. The summed E-state index contributed by atoms with van der Waals surface area (Å²) in [5, 5.41) is 0. The molecule has 4 heterocycles. The number of amides is 2. The Morgan fingerprint density at radius 3 is 2.63 bits per heavy atom. The molecule has 8 nitrogen and oxygen atoms in total. The van der Waals surface area contributed by atoms with E-state index in [4.69, 9.17) is 14.2 Å². The van der Waals surface area contributed by atoms with E-state index in [-0.39, 0.29) is 17.9 Å². The predicted octanol–water partition coefficient (Wildman–Crippen LogP) is 3.75. The van der Waals surface area contributed by atoms with E-state index < -0.39 is 11.1 Å². The van der Waals surface area contributed by atoms with Crippen molar-refractivity contribution in [3.8, 4) is 5.75 Å². The molecule has 0 N–H and O–H groups in total. The minimum Gasteiger partial charge on any atom is -0.497 e. The second-order valence-electron chi connectivity index (χ2n) is 9.83. The van der Waals surface area contributed by atoms with Gasteiger partial charge in [0.15, 0.2) is 0 Å². The molecule has 1 aromatic heterocycles. The first-order chi connectivity index (χ1) is 17.0. The smallest absolute Gasteiger partial charge is 0.411 e. The zero-order valence-electron chi connectivity index (χ0n) is 20.4. The third-order valence-electron chi connectivity index (χ3n) is 8.08. The molecule has 3 saturated heterocycles. The van der Waals surface area contributed by atoms with E-state index in [0.29, 0.717) is 45.7 Å². The molecule has 186 valence electrons. The Kier molecular flexibility index (Phi) is 6.40. The molecule has 1 aromatic carbocycles. The molecule has 0 radical (unpaired) electrons. The van der Waals surface area contributed by atoms with Gasteiger partial charge in [-0.2, -0.15) is 0 Å². The van der Waals surface area contributed by atoms with E-state index in [2.05, 4.69) is 11.9 Å². The molecule has 2 aromatic rings. The summed E-state index contributed by atoms with van der Waals surface area (Å²) >= 11 is 0. The molecule has 0 aliphatic carbocycles. The van der Waals surface area contributed by atoms with Gasteiger partial charge in [-0.25, -0.2) is 4.79 Å². The van der Waals surface area contributed by atoms with Gasteiger partial charge in [0.25, 0.3) is 0 Å². The van der Waals surface area contributed by atoms with E-state index in [9.17, 15) is 9.59 Å². The van der Waals surface area contributed by atoms with Crippen molar-refractivity contribution in [3.05, 3.63) is 59.9 Å². The third-order valence-corrected chi connectivity index (χ3v) is 8.08. The minimum atomic E-state index is -0.752. The molecule has 3 fully saturated rings. The maximum absolute atomic E-state index is 13.4. The summed E-state index contributed by atoms with van der Waals surface area (Å²) in [5.74, 6) is 0.967. The highest BCUT2D eigenvalue weighted by Crippen LogP contribution is 2.52. The third kappa shape index (κ3) is 4.14. The number of hydrogen-bond acceptors (Lipinski definition) is 6. The van der Waals surface area contributed by atoms with Crippen molar-refractivity contribution in [2.45, 2.75) is 50.3 Å². The normalized spacial score (nSPS) is 24.5. The van der Waals surface area contributed by atoms with Gasteiger partial charge in [0.2, 0.25) is 5.91 Å². The van der Waals surface area contributed by atoms with Crippen LogP contribution >= 0.6 is 0 Å². The number of piperidine rings is 1. The lowest BCUT2D eigenvalue weighted by atomic mass is 9.70. The lowest BCUT2D eigenvalue weighted by molar-refractivity contribution is -0.144. The summed E-state index contributed by atoms with van der Waals surface area (Å²) in [7, 11) is 1.63. The summed E-state index contributed by atoms with van der Waals surface area (Å²) in [6.45, 7) is 4.87. The van der Waals surface area contributed by atoms with Crippen molar-refractivity contribution in [3.63, 3.8) is 0 Å².